The lowest BCUT2D eigenvalue weighted by Gasteiger charge is -2.17. The molecule has 1 unspecified atom stereocenters. The van der Waals surface area contributed by atoms with Gasteiger partial charge in [-0.15, -0.1) is 0 Å². The maximum absolute atomic E-state index is 10.7. The Morgan fingerprint density at radius 1 is 1.50 bits per heavy atom. The van der Waals surface area contributed by atoms with E-state index in [4.69, 9.17) is 5.73 Å². The number of nitrogens with two attached hydrogens (primary N) is 1. The fraction of sp³-hybridized carbons (Fsp3) is 1.00. The molecule has 5 heteroatoms. The molecule has 0 spiro atoms. The molecule has 0 aliphatic carbocycles. The van der Waals surface area contributed by atoms with Crippen LogP contribution in [0.1, 0.15) is 20.3 Å². The summed E-state index contributed by atoms with van der Waals surface area (Å²) in [6.45, 7) is 4.37. The van der Waals surface area contributed by atoms with E-state index in [9.17, 15) is 8.42 Å². The average Bonchev–Trinajstić information content (AvgIpc) is 1.97. The lowest BCUT2D eigenvalue weighted by atomic mass is 10.0. The minimum Gasteiger partial charge on any atom is -0.326 e. The summed E-state index contributed by atoms with van der Waals surface area (Å²) in [6.07, 6.45) is 2.10. The summed E-state index contributed by atoms with van der Waals surface area (Å²) in [5.41, 5.74) is 5.71. The van der Waals surface area contributed by atoms with E-state index in [2.05, 4.69) is 4.72 Å². The monoisotopic (exact) mass is 194 g/mol. The smallest absolute Gasteiger partial charge is 0.208 e. The molecular formula is C7H18N2O2S. The van der Waals surface area contributed by atoms with Gasteiger partial charge in [0.25, 0.3) is 0 Å². The molecule has 0 aromatic carbocycles. The number of sulfonamides is 1. The molecule has 0 saturated heterocycles. The second-order valence-electron chi connectivity index (χ2n) is 3.17. The van der Waals surface area contributed by atoms with Gasteiger partial charge in [-0.3, -0.25) is 0 Å². The van der Waals surface area contributed by atoms with E-state index >= 15 is 0 Å². The topological polar surface area (TPSA) is 72.2 Å². The number of nitrogens with one attached hydrogen (secondary N) is 1. The molecule has 0 fully saturated rings. The molecular weight excluding hydrogens is 176 g/mol. The lowest BCUT2D eigenvalue weighted by molar-refractivity contribution is 0.437. The molecule has 2 atom stereocenters. The van der Waals surface area contributed by atoms with Gasteiger partial charge in [0, 0.05) is 12.6 Å². The highest BCUT2D eigenvalue weighted by Gasteiger charge is 2.12. The summed E-state index contributed by atoms with van der Waals surface area (Å²) in [5.74, 6) is 0.347. The Labute approximate surface area is 74.6 Å². The van der Waals surface area contributed by atoms with Crippen LogP contribution in [0.3, 0.4) is 0 Å². The van der Waals surface area contributed by atoms with Gasteiger partial charge in [0.15, 0.2) is 0 Å². The molecule has 12 heavy (non-hydrogen) atoms. The molecule has 0 aliphatic rings. The van der Waals surface area contributed by atoms with E-state index in [1.807, 2.05) is 13.8 Å². The van der Waals surface area contributed by atoms with Gasteiger partial charge in [0.2, 0.25) is 10.0 Å². The molecule has 0 heterocycles. The van der Waals surface area contributed by atoms with Gasteiger partial charge in [-0.25, -0.2) is 13.1 Å². The average molecular weight is 194 g/mol. The van der Waals surface area contributed by atoms with Gasteiger partial charge >= 0.3 is 0 Å². The Hall–Kier alpha value is -0.130. The van der Waals surface area contributed by atoms with Gasteiger partial charge in [0.1, 0.15) is 0 Å². The SMILES string of the molecule is CCC(C)[C@H](N)CNS(C)(=O)=O. The van der Waals surface area contributed by atoms with E-state index in [-0.39, 0.29) is 6.04 Å². The van der Waals surface area contributed by atoms with Crippen LogP contribution in [0.15, 0.2) is 0 Å². The molecule has 0 aromatic heterocycles. The maximum Gasteiger partial charge on any atom is 0.208 e. The van der Waals surface area contributed by atoms with Crippen LogP contribution in [0.2, 0.25) is 0 Å². The van der Waals surface area contributed by atoms with Gasteiger partial charge in [0.05, 0.1) is 6.26 Å². The predicted octanol–water partition coefficient (Wildman–Crippen LogP) is -0.0910. The second-order valence-corrected chi connectivity index (χ2v) is 5.00. The van der Waals surface area contributed by atoms with Gasteiger partial charge in [-0.2, -0.15) is 0 Å². The first-order valence-electron chi connectivity index (χ1n) is 4.07. The predicted molar refractivity (Wildman–Crippen MR) is 50.3 cm³/mol. The van der Waals surface area contributed by atoms with Crippen LogP contribution in [0, 0.1) is 5.92 Å². The minimum atomic E-state index is -3.09. The standard InChI is InChI=1S/C7H18N2O2S/c1-4-6(2)7(8)5-9-12(3,10)11/h6-7,9H,4-5,8H2,1-3H3/t6?,7-/m1/s1. The highest BCUT2D eigenvalue weighted by atomic mass is 32.2. The third-order valence-corrected chi connectivity index (χ3v) is 2.65. The maximum atomic E-state index is 10.7. The third kappa shape index (κ3) is 5.51. The van der Waals surface area contributed by atoms with Crippen molar-refractivity contribution >= 4 is 10.0 Å². The van der Waals surface area contributed by atoms with Crippen molar-refractivity contribution in [1.29, 1.82) is 0 Å². The first-order chi connectivity index (χ1) is 5.37. The van der Waals surface area contributed by atoms with Crippen molar-refractivity contribution in [3.63, 3.8) is 0 Å². The largest absolute Gasteiger partial charge is 0.326 e. The van der Waals surface area contributed by atoms with E-state index in [1.54, 1.807) is 0 Å². The highest BCUT2D eigenvalue weighted by molar-refractivity contribution is 7.88. The zero-order valence-corrected chi connectivity index (χ0v) is 8.69. The highest BCUT2D eigenvalue weighted by Crippen LogP contribution is 2.03. The number of hydrogen-bond donors (Lipinski definition) is 2. The zero-order valence-electron chi connectivity index (χ0n) is 7.87. The van der Waals surface area contributed by atoms with Crippen molar-refractivity contribution in [3.8, 4) is 0 Å². The molecule has 0 saturated carbocycles. The van der Waals surface area contributed by atoms with E-state index < -0.39 is 10.0 Å². The van der Waals surface area contributed by atoms with E-state index in [1.165, 1.54) is 0 Å². The lowest BCUT2D eigenvalue weighted by Crippen LogP contribution is -2.40. The van der Waals surface area contributed by atoms with Crippen molar-refractivity contribution < 1.29 is 8.42 Å². The van der Waals surface area contributed by atoms with Crippen LogP contribution < -0.4 is 10.5 Å². The fourth-order valence-electron chi connectivity index (χ4n) is 0.752. The summed E-state index contributed by atoms with van der Waals surface area (Å²) in [7, 11) is -3.09. The van der Waals surface area contributed by atoms with Crippen LogP contribution in [0.25, 0.3) is 0 Å². The third-order valence-electron chi connectivity index (χ3n) is 1.96. The first kappa shape index (κ1) is 11.9. The Balaban J connectivity index is 3.79. The molecule has 74 valence electrons. The van der Waals surface area contributed by atoms with E-state index in [0.717, 1.165) is 12.7 Å². The van der Waals surface area contributed by atoms with Gasteiger partial charge in [-0.1, -0.05) is 20.3 Å². The van der Waals surface area contributed by atoms with Crippen molar-refractivity contribution in [2.24, 2.45) is 11.7 Å². The number of hydrogen-bond acceptors (Lipinski definition) is 3. The van der Waals surface area contributed by atoms with Crippen LogP contribution in [0.4, 0.5) is 0 Å². The van der Waals surface area contributed by atoms with Crippen molar-refractivity contribution in [2.75, 3.05) is 12.8 Å². The fourth-order valence-corrected chi connectivity index (χ4v) is 1.25. The summed E-state index contributed by atoms with van der Waals surface area (Å²) >= 11 is 0. The second kappa shape index (κ2) is 4.79. The molecule has 0 bridgehead atoms. The Morgan fingerprint density at radius 2 is 2.00 bits per heavy atom. The summed E-state index contributed by atoms with van der Waals surface area (Å²) < 4.78 is 23.7. The molecule has 3 N–H and O–H groups in total. The Morgan fingerprint density at radius 3 is 2.33 bits per heavy atom. The van der Waals surface area contributed by atoms with Crippen molar-refractivity contribution in [1.82, 2.24) is 4.72 Å². The molecule has 4 nitrogen and oxygen atoms in total. The summed E-state index contributed by atoms with van der Waals surface area (Å²) in [4.78, 5) is 0. The summed E-state index contributed by atoms with van der Waals surface area (Å²) in [6, 6.07) is -0.0928. The first-order valence-corrected chi connectivity index (χ1v) is 5.96. The Kier molecular flexibility index (Phi) is 4.74. The molecule has 0 rings (SSSR count). The summed E-state index contributed by atoms with van der Waals surface area (Å²) in [5, 5.41) is 0. The van der Waals surface area contributed by atoms with Gasteiger partial charge < -0.3 is 5.73 Å². The molecule has 0 amide bonds. The van der Waals surface area contributed by atoms with Crippen LogP contribution in [0.5, 0.6) is 0 Å². The van der Waals surface area contributed by atoms with Gasteiger partial charge in [-0.05, 0) is 5.92 Å². The Bertz CT molecular complexity index is 213. The molecule has 0 aliphatic heterocycles. The van der Waals surface area contributed by atoms with Crippen LogP contribution in [-0.2, 0) is 10.0 Å². The molecule has 0 aromatic rings. The zero-order chi connectivity index (χ0) is 9.78. The quantitative estimate of drug-likeness (QED) is 0.642. The molecule has 0 radical (unpaired) electrons. The van der Waals surface area contributed by atoms with Crippen molar-refractivity contribution in [2.45, 2.75) is 26.3 Å². The van der Waals surface area contributed by atoms with Crippen molar-refractivity contribution in [3.05, 3.63) is 0 Å². The van der Waals surface area contributed by atoms with E-state index in [0.29, 0.717) is 12.5 Å². The van der Waals surface area contributed by atoms with Crippen LogP contribution in [-0.4, -0.2) is 27.3 Å². The number of rotatable bonds is 5. The van der Waals surface area contributed by atoms with Crippen LogP contribution >= 0.6 is 0 Å². The minimum absolute atomic E-state index is 0.0928. The normalized spacial score (nSPS) is 17.3.